The fraction of sp³-hybridized carbons (Fsp3) is 0.125. The number of benzene rings is 1. The maximum Gasteiger partial charge on any atom is 0.255 e. The van der Waals surface area contributed by atoms with Crippen molar-refractivity contribution in [3.63, 3.8) is 0 Å². The number of carboxylic acid groups (broad SMARTS) is 1. The van der Waals surface area contributed by atoms with Gasteiger partial charge in [-0.3, -0.25) is 4.79 Å². The van der Waals surface area contributed by atoms with Gasteiger partial charge in [-0.25, -0.2) is 0 Å². The molecular weight excluding hydrogens is 270 g/mol. The Morgan fingerprint density at radius 1 is 1.10 bits per heavy atom. The van der Waals surface area contributed by atoms with Gasteiger partial charge in [-0.1, -0.05) is 17.7 Å². The first kappa shape index (κ1) is 14.6. The van der Waals surface area contributed by atoms with Crippen LogP contribution in [0, 0.1) is 13.8 Å². The first-order chi connectivity index (χ1) is 9.95. The molecule has 0 unspecified atom stereocenters. The third-order valence-corrected chi connectivity index (χ3v) is 2.83. The van der Waals surface area contributed by atoms with Gasteiger partial charge in [0, 0.05) is 11.6 Å². The number of carbonyl (C=O) groups excluding carboxylic acids is 2. The summed E-state index contributed by atoms with van der Waals surface area (Å²) in [6.07, 6.45) is 1.22. The molecule has 0 saturated carbocycles. The number of aryl methyl sites for hydroxylation is 2. The molecule has 0 fully saturated rings. The normalized spacial score (nSPS) is 11.2. The van der Waals surface area contributed by atoms with Gasteiger partial charge in [-0.15, -0.1) is 0 Å². The molecule has 0 spiro atoms. The third kappa shape index (κ3) is 3.82. The van der Waals surface area contributed by atoms with Crippen LogP contribution in [0.1, 0.15) is 27.4 Å². The van der Waals surface area contributed by atoms with Crippen molar-refractivity contribution in [1.82, 2.24) is 5.32 Å². The Morgan fingerprint density at radius 2 is 1.76 bits per heavy atom. The minimum Gasteiger partial charge on any atom is -0.543 e. The van der Waals surface area contributed by atoms with Crippen molar-refractivity contribution in [3.05, 3.63) is 64.7 Å². The van der Waals surface area contributed by atoms with E-state index in [4.69, 9.17) is 4.42 Å². The SMILES string of the molecule is Cc1ccc(C(=O)N/C(=C\c2ccc(C)o2)C(=O)[O-])cc1. The Balaban J connectivity index is 2.20. The summed E-state index contributed by atoms with van der Waals surface area (Å²) in [6, 6.07) is 10.1. The van der Waals surface area contributed by atoms with Crippen LogP contribution in [0.25, 0.3) is 6.08 Å². The lowest BCUT2D eigenvalue weighted by atomic mass is 10.1. The van der Waals surface area contributed by atoms with E-state index in [2.05, 4.69) is 5.32 Å². The number of aliphatic carboxylic acids is 1. The van der Waals surface area contributed by atoms with Crippen molar-refractivity contribution < 1.29 is 19.1 Å². The number of carbonyl (C=O) groups is 2. The second kappa shape index (κ2) is 6.09. The fourth-order valence-corrected chi connectivity index (χ4v) is 1.72. The smallest absolute Gasteiger partial charge is 0.255 e. The van der Waals surface area contributed by atoms with E-state index in [1.54, 1.807) is 43.3 Å². The highest BCUT2D eigenvalue weighted by Gasteiger charge is 2.09. The molecule has 0 aliphatic heterocycles. The summed E-state index contributed by atoms with van der Waals surface area (Å²) in [5.41, 5.74) is 1.02. The van der Waals surface area contributed by atoms with Gasteiger partial charge in [-0.05, 0) is 38.1 Å². The molecule has 1 aromatic carbocycles. The zero-order chi connectivity index (χ0) is 15.4. The highest BCUT2D eigenvalue weighted by molar-refractivity contribution is 6.02. The summed E-state index contributed by atoms with van der Waals surface area (Å²) in [5.74, 6) is -1.03. The van der Waals surface area contributed by atoms with Crippen molar-refractivity contribution in [2.24, 2.45) is 0 Å². The fourth-order valence-electron chi connectivity index (χ4n) is 1.72. The van der Waals surface area contributed by atoms with E-state index in [1.807, 2.05) is 6.92 Å². The van der Waals surface area contributed by atoms with Crippen molar-refractivity contribution in [2.45, 2.75) is 13.8 Å². The molecule has 5 heteroatoms. The van der Waals surface area contributed by atoms with E-state index >= 15 is 0 Å². The van der Waals surface area contributed by atoms with Crippen LogP contribution < -0.4 is 10.4 Å². The quantitative estimate of drug-likeness (QED) is 0.861. The summed E-state index contributed by atoms with van der Waals surface area (Å²) in [5, 5.41) is 13.4. The van der Waals surface area contributed by atoms with Gasteiger partial charge in [0.2, 0.25) is 0 Å². The summed E-state index contributed by atoms with van der Waals surface area (Å²) in [4.78, 5) is 23.1. The number of amides is 1. The first-order valence-corrected chi connectivity index (χ1v) is 6.33. The van der Waals surface area contributed by atoms with E-state index in [1.165, 1.54) is 6.08 Å². The highest BCUT2D eigenvalue weighted by Crippen LogP contribution is 2.11. The largest absolute Gasteiger partial charge is 0.543 e. The number of furan rings is 1. The Morgan fingerprint density at radius 3 is 2.29 bits per heavy atom. The topological polar surface area (TPSA) is 82.4 Å². The van der Waals surface area contributed by atoms with Gasteiger partial charge in [0.25, 0.3) is 5.91 Å². The molecule has 5 nitrogen and oxygen atoms in total. The van der Waals surface area contributed by atoms with Crippen molar-refractivity contribution in [2.75, 3.05) is 0 Å². The van der Waals surface area contributed by atoms with E-state index in [0.29, 0.717) is 17.1 Å². The maximum absolute atomic E-state index is 12.0. The lowest BCUT2D eigenvalue weighted by molar-refractivity contribution is -0.299. The molecule has 2 rings (SSSR count). The Hall–Kier alpha value is -2.82. The third-order valence-electron chi connectivity index (χ3n) is 2.83. The molecule has 0 bridgehead atoms. The average Bonchev–Trinajstić information content (AvgIpc) is 2.84. The Labute approximate surface area is 121 Å². The van der Waals surface area contributed by atoms with E-state index in [0.717, 1.165) is 5.56 Å². The molecule has 2 aromatic rings. The predicted molar refractivity (Wildman–Crippen MR) is 75.1 cm³/mol. The molecule has 0 atom stereocenters. The highest BCUT2D eigenvalue weighted by atomic mass is 16.4. The summed E-state index contributed by atoms with van der Waals surface area (Å²) in [7, 11) is 0. The Kier molecular flexibility index (Phi) is 4.23. The van der Waals surface area contributed by atoms with Crippen LogP contribution in [-0.2, 0) is 4.79 Å². The van der Waals surface area contributed by atoms with E-state index < -0.39 is 11.9 Å². The zero-order valence-electron chi connectivity index (χ0n) is 11.7. The molecule has 1 amide bonds. The number of hydrogen-bond acceptors (Lipinski definition) is 4. The minimum absolute atomic E-state index is 0.330. The molecule has 0 saturated heterocycles. The monoisotopic (exact) mass is 284 g/mol. The minimum atomic E-state index is -1.48. The Bertz CT molecular complexity index is 695. The zero-order valence-corrected chi connectivity index (χ0v) is 11.7. The van der Waals surface area contributed by atoms with Crippen LogP contribution in [0.15, 0.2) is 46.5 Å². The van der Waals surface area contributed by atoms with Gasteiger partial charge in [0.15, 0.2) is 0 Å². The molecule has 1 aromatic heterocycles. The van der Waals surface area contributed by atoms with Gasteiger partial charge >= 0.3 is 0 Å². The lowest BCUT2D eigenvalue weighted by Gasteiger charge is -2.10. The maximum atomic E-state index is 12.0. The number of rotatable bonds is 4. The van der Waals surface area contributed by atoms with Gasteiger partial charge in [0.05, 0.1) is 11.7 Å². The van der Waals surface area contributed by atoms with Crippen LogP contribution >= 0.6 is 0 Å². The van der Waals surface area contributed by atoms with Gasteiger partial charge in [-0.2, -0.15) is 0 Å². The number of hydrogen-bond donors (Lipinski definition) is 1. The summed E-state index contributed by atoms with van der Waals surface area (Å²) in [6.45, 7) is 3.63. The molecule has 1 N–H and O–H groups in total. The van der Waals surface area contributed by atoms with Crippen molar-refractivity contribution in [1.29, 1.82) is 0 Å². The molecular formula is C16H14NO4-. The summed E-state index contributed by atoms with van der Waals surface area (Å²) < 4.78 is 5.25. The van der Waals surface area contributed by atoms with Crippen LogP contribution in [0.4, 0.5) is 0 Å². The van der Waals surface area contributed by atoms with E-state index in [9.17, 15) is 14.7 Å². The molecule has 0 radical (unpaired) electrons. The van der Waals surface area contributed by atoms with Crippen LogP contribution in [-0.4, -0.2) is 11.9 Å². The van der Waals surface area contributed by atoms with Crippen molar-refractivity contribution >= 4 is 18.0 Å². The molecule has 21 heavy (non-hydrogen) atoms. The van der Waals surface area contributed by atoms with Crippen molar-refractivity contribution in [3.8, 4) is 0 Å². The second-order valence-corrected chi connectivity index (χ2v) is 4.61. The lowest BCUT2D eigenvalue weighted by Crippen LogP contribution is -2.35. The van der Waals surface area contributed by atoms with E-state index in [-0.39, 0.29) is 5.70 Å². The molecule has 0 aliphatic rings. The first-order valence-electron chi connectivity index (χ1n) is 6.33. The van der Waals surface area contributed by atoms with Crippen LogP contribution in [0.3, 0.4) is 0 Å². The molecule has 1 heterocycles. The molecule has 108 valence electrons. The summed E-state index contributed by atoms with van der Waals surface area (Å²) >= 11 is 0. The average molecular weight is 284 g/mol. The predicted octanol–water partition coefficient (Wildman–Crippen LogP) is 1.42. The second-order valence-electron chi connectivity index (χ2n) is 4.61. The standard InChI is InChI=1S/C16H15NO4/c1-10-3-6-12(7-4-10)15(18)17-14(16(19)20)9-13-8-5-11(2)21-13/h3-9H,1-2H3,(H,17,18)(H,19,20)/p-1/b14-9-. The number of nitrogens with one attached hydrogen (secondary N) is 1. The van der Waals surface area contributed by atoms with Gasteiger partial charge in [0.1, 0.15) is 11.5 Å². The number of carboxylic acids is 1. The van der Waals surface area contributed by atoms with Crippen LogP contribution in [0.2, 0.25) is 0 Å². The van der Waals surface area contributed by atoms with Gasteiger partial charge < -0.3 is 19.6 Å². The van der Waals surface area contributed by atoms with Crippen LogP contribution in [0.5, 0.6) is 0 Å². The molecule has 0 aliphatic carbocycles.